The molecule has 0 radical (unpaired) electrons. The lowest BCUT2D eigenvalue weighted by atomic mass is 10.2. The molecule has 1 rings (SSSR count). The van der Waals surface area contributed by atoms with Gasteiger partial charge in [0, 0.05) is 0 Å². The first-order valence-electron chi connectivity index (χ1n) is 4.61. The Bertz CT molecular complexity index is 398. The Morgan fingerprint density at radius 2 is 1.93 bits per heavy atom. The molecular formula is C10H15NO2S. The second kappa shape index (κ2) is 4.46. The lowest BCUT2D eigenvalue weighted by molar-refractivity contribution is 0.600. The summed E-state index contributed by atoms with van der Waals surface area (Å²) in [6.07, 6.45) is 0.626. The number of rotatable bonds is 4. The van der Waals surface area contributed by atoms with Crippen LogP contribution in [0, 0.1) is 6.92 Å². The van der Waals surface area contributed by atoms with Crippen molar-refractivity contribution in [3.05, 3.63) is 29.8 Å². The van der Waals surface area contributed by atoms with Gasteiger partial charge in [-0.05, 0) is 25.0 Å². The first-order chi connectivity index (χ1) is 6.55. The second-order valence-corrected chi connectivity index (χ2v) is 5.08. The lowest BCUT2D eigenvalue weighted by Gasteiger charge is -2.08. The minimum Gasteiger partial charge on any atom is -0.283 e. The van der Waals surface area contributed by atoms with E-state index in [4.69, 9.17) is 0 Å². The van der Waals surface area contributed by atoms with E-state index in [1.807, 2.05) is 32.0 Å². The average molecular weight is 213 g/mol. The van der Waals surface area contributed by atoms with Crippen LogP contribution in [0.1, 0.15) is 18.9 Å². The van der Waals surface area contributed by atoms with Crippen molar-refractivity contribution in [1.82, 2.24) is 0 Å². The molecule has 4 heteroatoms. The summed E-state index contributed by atoms with van der Waals surface area (Å²) in [6.45, 7) is 3.72. The molecule has 1 aromatic carbocycles. The predicted molar refractivity (Wildman–Crippen MR) is 58.9 cm³/mol. The number of para-hydroxylation sites is 1. The van der Waals surface area contributed by atoms with Crippen molar-refractivity contribution in [2.45, 2.75) is 20.3 Å². The third-order valence-corrected chi connectivity index (χ3v) is 3.36. The molecule has 0 aliphatic carbocycles. The van der Waals surface area contributed by atoms with Crippen molar-refractivity contribution in [2.75, 3.05) is 10.5 Å². The fraction of sp³-hybridized carbons (Fsp3) is 0.400. The van der Waals surface area contributed by atoms with Gasteiger partial charge in [-0.25, -0.2) is 8.42 Å². The van der Waals surface area contributed by atoms with E-state index in [0.29, 0.717) is 12.1 Å². The number of benzene rings is 1. The highest BCUT2D eigenvalue weighted by Crippen LogP contribution is 2.14. The van der Waals surface area contributed by atoms with E-state index in [0.717, 1.165) is 5.56 Å². The van der Waals surface area contributed by atoms with Crippen LogP contribution in [0.3, 0.4) is 0 Å². The quantitative estimate of drug-likeness (QED) is 0.833. The van der Waals surface area contributed by atoms with Gasteiger partial charge < -0.3 is 0 Å². The first-order valence-corrected chi connectivity index (χ1v) is 6.26. The minimum atomic E-state index is -3.16. The van der Waals surface area contributed by atoms with Crippen molar-refractivity contribution in [1.29, 1.82) is 0 Å². The number of hydrogen-bond acceptors (Lipinski definition) is 2. The molecule has 0 atom stereocenters. The van der Waals surface area contributed by atoms with Crippen LogP contribution in [-0.4, -0.2) is 14.2 Å². The Morgan fingerprint density at radius 1 is 1.29 bits per heavy atom. The number of nitrogens with one attached hydrogen (secondary N) is 1. The zero-order valence-electron chi connectivity index (χ0n) is 8.45. The summed E-state index contributed by atoms with van der Waals surface area (Å²) < 4.78 is 25.4. The number of hydrogen-bond donors (Lipinski definition) is 1. The van der Waals surface area contributed by atoms with Crippen molar-refractivity contribution >= 4 is 15.7 Å². The highest BCUT2D eigenvalue weighted by molar-refractivity contribution is 7.92. The molecule has 0 saturated heterocycles. The molecular weight excluding hydrogens is 198 g/mol. The van der Waals surface area contributed by atoms with E-state index in [2.05, 4.69) is 4.72 Å². The molecule has 3 nitrogen and oxygen atoms in total. The van der Waals surface area contributed by atoms with Crippen LogP contribution in [0.2, 0.25) is 0 Å². The second-order valence-electron chi connectivity index (χ2n) is 3.24. The summed E-state index contributed by atoms with van der Waals surface area (Å²) in [4.78, 5) is 0. The molecule has 0 aliphatic rings. The Labute approximate surface area is 85.2 Å². The topological polar surface area (TPSA) is 46.2 Å². The Balaban J connectivity index is 2.84. The smallest absolute Gasteiger partial charge is 0.232 e. The maximum absolute atomic E-state index is 11.4. The molecule has 14 heavy (non-hydrogen) atoms. The van der Waals surface area contributed by atoms with Gasteiger partial charge in [-0.2, -0.15) is 0 Å². The van der Waals surface area contributed by atoms with Gasteiger partial charge in [-0.3, -0.25) is 4.72 Å². The van der Waals surface area contributed by atoms with Gasteiger partial charge in [-0.15, -0.1) is 0 Å². The predicted octanol–water partition coefficient (Wildman–Crippen LogP) is 2.15. The van der Waals surface area contributed by atoms with Gasteiger partial charge in [0.15, 0.2) is 0 Å². The lowest BCUT2D eigenvalue weighted by Crippen LogP contribution is -2.16. The standard InChI is InChI=1S/C10H15NO2S/c1-3-8-14(12,13)11-10-7-5-4-6-9(10)2/h4-7,11H,3,8H2,1-2H3. The molecule has 0 fully saturated rings. The molecule has 0 unspecified atom stereocenters. The van der Waals surface area contributed by atoms with Gasteiger partial charge >= 0.3 is 0 Å². The summed E-state index contributed by atoms with van der Waals surface area (Å²) in [7, 11) is -3.16. The highest BCUT2D eigenvalue weighted by atomic mass is 32.2. The van der Waals surface area contributed by atoms with Crippen molar-refractivity contribution in [3.63, 3.8) is 0 Å². The Hall–Kier alpha value is -1.03. The SMILES string of the molecule is CCCS(=O)(=O)Nc1ccccc1C. The van der Waals surface area contributed by atoms with Crippen LogP contribution in [0.25, 0.3) is 0 Å². The Morgan fingerprint density at radius 3 is 2.50 bits per heavy atom. The van der Waals surface area contributed by atoms with E-state index in [-0.39, 0.29) is 5.75 Å². The third kappa shape index (κ3) is 3.03. The van der Waals surface area contributed by atoms with Crippen LogP contribution in [-0.2, 0) is 10.0 Å². The molecule has 1 N–H and O–H groups in total. The van der Waals surface area contributed by atoms with E-state index in [1.54, 1.807) is 6.07 Å². The van der Waals surface area contributed by atoms with Crippen molar-refractivity contribution in [2.24, 2.45) is 0 Å². The molecule has 0 amide bonds. The molecule has 78 valence electrons. The van der Waals surface area contributed by atoms with Gasteiger partial charge in [0.05, 0.1) is 11.4 Å². The van der Waals surface area contributed by atoms with Crippen LogP contribution in [0.15, 0.2) is 24.3 Å². The summed E-state index contributed by atoms with van der Waals surface area (Å²) in [5.74, 6) is 0.168. The van der Waals surface area contributed by atoms with Crippen LogP contribution in [0.5, 0.6) is 0 Å². The molecule has 0 aliphatic heterocycles. The van der Waals surface area contributed by atoms with E-state index in [1.165, 1.54) is 0 Å². The summed E-state index contributed by atoms with van der Waals surface area (Å²) in [6, 6.07) is 7.34. The van der Waals surface area contributed by atoms with Gasteiger partial charge in [-0.1, -0.05) is 25.1 Å². The highest BCUT2D eigenvalue weighted by Gasteiger charge is 2.09. The van der Waals surface area contributed by atoms with E-state index < -0.39 is 10.0 Å². The van der Waals surface area contributed by atoms with Gasteiger partial charge in [0.25, 0.3) is 0 Å². The summed E-state index contributed by atoms with van der Waals surface area (Å²) >= 11 is 0. The van der Waals surface area contributed by atoms with Crippen LogP contribution >= 0.6 is 0 Å². The minimum absolute atomic E-state index is 0.168. The number of anilines is 1. The third-order valence-electron chi connectivity index (χ3n) is 1.88. The Kier molecular flexibility index (Phi) is 3.52. The van der Waals surface area contributed by atoms with Crippen molar-refractivity contribution in [3.8, 4) is 0 Å². The van der Waals surface area contributed by atoms with Gasteiger partial charge in [0.2, 0.25) is 10.0 Å². The van der Waals surface area contributed by atoms with E-state index >= 15 is 0 Å². The largest absolute Gasteiger partial charge is 0.283 e. The zero-order chi connectivity index (χ0) is 10.6. The molecule has 0 aromatic heterocycles. The zero-order valence-corrected chi connectivity index (χ0v) is 9.26. The molecule has 0 bridgehead atoms. The van der Waals surface area contributed by atoms with E-state index in [9.17, 15) is 8.42 Å². The maximum Gasteiger partial charge on any atom is 0.232 e. The first kappa shape index (κ1) is 11.0. The average Bonchev–Trinajstić information content (AvgIpc) is 2.08. The molecule has 1 aromatic rings. The summed E-state index contributed by atoms with van der Waals surface area (Å²) in [5, 5.41) is 0. The number of sulfonamides is 1. The maximum atomic E-state index is 11.4. The summed E-state index contributed by atoms with van der Waals surface area (Å²) in [5.41, 5.74) is 1.60. The fourth-order valence-electron chi connectivity index (χ4n) is 1.17. The molecule has 0 saturated carbocycles. The van der Waals surface area contributed by atoms with Crippen LogP contribution < -0.4 is 4.72 Å². The normalized spacial score (nSPS) is 11.3. The van der Waals surface area contributed by atoms with Gasteiger partial charge in [0.1, 0.15) is 0 Å². The fourth-order valence-corrected chi connectivity index (χ4v) is 2.38. The molecule has 0 heterocycles. The van der Waals surface area contributed by atoms with Crippen molar-refractivity contribution < 1.29 is 8.42 Å². The van der Waals surface area contributed by atoms with Crippen LogP contribution in [0.4, 0.5) is 5.69 Å². The number of aryl methyl sites for hydroxylation is 1. The molecule has 0 spiro atoms. The monoisotopic (exact) mass is 213 g/mol.